The molecule has 98 valence electrons. The predicted molar refractivity (Wildman–Crippen MR) is 77.9 cm³/mol. The zero-order valence-corrected chi connectivity index (χ0v) is 11.3. The molecule has 3 nitrogen and oxygen atoms in total. The van der Waals surface area contributed by atoms with Gasteiger partial charge in [0.25, 0.3) is 0 Å². The van der Waals surface area contributed by atoms with Crippen molar-refractivity contribution >= 4 is 5.82 Å². The molecule has 1 aliphatic carbocycles. The molecule has 1 aliphatic rings. The number of benzene rings is 1. The van der Waals surface area contributed by atoms with E-state index < -0.39 is 0 Å². The summed E-state index contributed by atoms with van der Waals surface area (Å²) in [6.45, 7) is 2.05. The van der Waals surface area contributed by atoms with Crippen LogP contribution in [0.15, 0.2) is 30.3 Å². The number of rotatable bonds is 3. The van der Waals surface area contributed by atoms with Crippen LogP contribution in [-0.4, -0.2) is 9.97 Å². The molecule has 0 amide bonds. The third-order valence-corrected chi connectivity index (χ3v) is 3.89. The summed E-state index contributed by atoms with van der Waals surface area (Å²) in [6, 6.07) is 10.4. The van der Waals surface area contributed by atoms with E-state index in [-0.39, 0.29) is 0 Å². The first kappa shape index (κ1) is 12.2. The number of aryl methyl sites for hydroxylation is 1. The van der Waals surface area contributed by atoms with Gasteiger partial charge in [-0.1, -0.05) is 37.6 Å². The zero-order valence-electron chi connectivity index (χ0n) is 11.3. The second-order valence-corrected chi connectivity index (χ2v) is 5.16. The lowest BCUT2D eigenvalue weighted by Gasteiger charge is -2.27. The summed E-state index contributed by atoms with van der Waals surface area (Å²) in [5.74, 6) is 2.07. The van der Waals surface area contributed by atoms with Crippen LogP contribution < -0.4 is 5.73 Å². The number of anilines is 1. The van der Waals surface area contributed by atoms with Crippen molar-refractivity contribution < 1.29 is 0 Å². The van der Waals surface area contributed by atoms with Crippen molar-refractivity contribution in [2.24, 2.45) is 0 Å². The maximum atomic E-state index is 5.89. The highest BCUT2D eigenvalue weighted by molar-refractivity contribution is 5.66. The summed E-state index contributed by atoms with van der Waals surface area (Å²) in [4.78, 5) is 8.89. The van der Waals surface area contributed by atoms with E-state index in [9.17, 15) is 0 Å². The van der Waals surface area contributed by atoms with Gasteiger partial charge in [0.15, 0.2) is 0 Å². The molecule has 3 heteroatoms. The number of nitrogen functional groups attached to an aromatic ring is 1. The molecule has 1 saturated carbocycles. The molecular formula is C16H19N3. The van der Waals surface area contributed by atoms with E-state index in [4.69, 9.17) is 5.73 Å². The van der Waals surface area contributed by atoms with Gasteiger partial charge in [0.1, 0.15) is 11.6 Å². The fourth-order valence-corrected chi connectivity index (χ4v) is 2.62. The minimum absolute atomic E-state index is 0.560. The second kappa shape index (κ2) is 5.00. The fraction of sp³-hybridized carbons (Fsp3) is 0.375. The standard InChI is InChI=1S/C16H19N3/c1-2-16-18-14(10-15(17)19-16)13-9-4-3-8-12(13)11-6-5-7-11/h3-4,8-11H,2,5-7H2,1H3,(H2,17,18,19). The molecule has 1 fully saturated rings. The Labute approximate surface area is 113 Å². The molecule has 0 saturated heterocycles. The molecular weight excluding hydrogens is 234 g/mol. The van der Waals surface area contributed by atoms with Crippen LogP contribution in [0.2, 0.25) is 0 Å². The van der Waals surface area contributed by atoms with Crippen molar-refractivity contribution in [1.82, 2.24) is 9.97 Å². The van der Waals surface area contributed by atoms with Crippen LogP contribution in [0.1, 0.15) is 43.5 Å². The van der Waals surface area contributed by atoms with Crippen molar-refractivity contribution in [1.29, 1.82) is 0 Å². The fourth-order valence-electron chi connectivity index (χ4n) is 2.62. The van der Waals surface area contributed by atoms with Crippen LogP contribution >= 0.6 is 0 Å². The van der Waals surface area contributed by atoms with Crippen LogP contribution in [0, 0.1) is 0 Å². The Bertz CT molecular complexity index is 588. The zero-order chi connectivity index (χ0) is 13.2. The van der Waals surface area contributed by atoms with Gasteiger partial charge >= 0.3 is 0 Å². The van der Waals surface area contributed by atoms with E-state index in [1.807, 2.05) is 6.07 Å². The van der Waals surface area contributed by atoms with Gasteiger partial charge in [-0.25, -0.2) is 9.97 Å². The molecule has 3 rings (SSSR count). The molecule has 0 aliphatic heterocycles. The molecule has 1 aromatic heterocycles. The SMILES string of the molecule is CCc1nc(N)cc(-c2ccccc2C2CCC2)n1. The van der Waals surface area contributed by atoms with Gasteiger partial charge < -0.3 is 5.73 Å². The summed E-state index contributed by atoms with van der Waals surface area (Å²) in [5.41, 5.74) is 9.49. The summed E-state index contributed by atoms with van der Waals surface area (Å²) < 4.78 is 0. The van der Waals surface area contributed by atoms with Crippen LogP contribution in [0.25, 0.3) is 11.3 Å². The molecule has 1 aromatic carbocycles. The smallest absolute Gasteiger partial charge is 0.131 e. The lowest BCUT2D eigenvalue weighted by atomic mass is 9.78. The van der Waals surface area contributed by atoms with Gasteiger partial charge in [0.2, 0.25) is 0 Å². The maximum absolute atomic E-state index is 5.89. The van der Waals surface area contributed by atoms with Crippen molar-refractivity contribution in [2.75, 3.05) is 5.73 Å². The lowest BCUT2D eigenvalue weighted by Crippen LogP contribution is -2.10. The second-order valence-electron chi connectivity index (χ2n) is 5.16. The lowest BCUT2D eigenvalue weighted by molar-refractivity contribution is 0.420. The Kier molecular flexibility index (Phi) is 3.20. The highest BCUT2D eigenvalue weighted by Crippen LogP contribution is 2.40. The highest BCUT2D eigenvalue weighted by Gasteiger charge is 2.22. The van der Waals surface area contributed by atoms with E-state index in [0.29, 0.717) is 11.7 Å². The van der Waals surface area contributed by atoms with Crippen LogP contribution in [0.3, 0.4) is 0 Å². The quantitative estimate of drug-likeness (QED) is 0.910. The molecule has 19 heavy (non-hydrogen) atoms. The van der Waals surface area contributed by atoms with Crippen molar-refractivity contribution in [3.63, 3.8) is 0 Å². The third kappa shape index (κ3) is 2.33. The summed E-state index contributed by atoms with van der Waals surface area (Å²) in [7, 11) is 0. The van der Waals surface area contributed by atoms with E-state index in [1.165, 1.54) is 30.4 Å². The van der Waals surface area contributed by atoms with Crippen molar-refractivity contribution in [3.05, 3.63) is 41.7 Å². The Morgan fingerprint density at radius 1 is 1.21 bits per heavy atom. The highest BCUT2D eigenvalue weighted by atomic mass is 14.9. The molecule has 0 spiro atoms. The van der Waals surface area contributed by atoms with Crippen LogP contribution in [0.5, 0.6) is 0 Å². The third-order valence-electron chi connectivity index (χ3n) is 3.89. The van der Waals surface area contributed by atoms with E-state index in [0.717, 1.165) is 17.9 Å². The maximum Gasteiger partial charge on any atom is 0.131 e. The molecule has 1 heterocycles. The molecule has 0 atom stereocenters. The van der Waals surface area contributed by atoms with Gasteiger partial charge in [0, 0.05) is 18.1 Å². The topological polar surface area (TPSA) is 51.8 Å². The Balaban J connectivity index is 2.08. The van der Waals surface area contributed by atoms with Gasteiger partial charge in [-0.2, -0.15) is 0 Å². The van der Waals surface area contributed by atoms with Crippen molar-refractivity contribution in [2.45, 2.75) is 38.5 Å². The largest absolute Gasteiger partial charge is 0.384 e. The Hall–Kier alpha value is -1.90. The van der Waals surface area contributed by atoms with Crippen molar-refractivity contribution in [3.8, 4) is 11.3 Å². The number of hydrogen-bond acceptors (Lipinski definition) is 3. The number of nitrogens with zero attached hydrogens (tertiary/aromatic N) is 2. The Morgan fingerprint density at radius 3 is 2.68 bits per heavy atom. The Morgan fingerprint density at radius 2 is 2.00 bits per heavy atom. The average molecular weight is 253 g/mol. The first-order valence-electron chi connectivity index (χ1n) is 7.00. The minimum atomic E-state index is 0.560. The van der Waals surface area contributed by atoms with Gasteiger partial charge in [0.05, 0.1) is 5.69 Å². The van der Waals surface area contributed by atoms with Gasteiger partial charge in [-0.05, 0) is 24.3 Å². The summed E-state index contributed by atoms with van der Waals surface area (Å²) in [6.07, 6.45) is 4.73. The minimum Gasteiger partial charge on any atom is -0.384 e. The molecule has 0 unspecified atom stereocenters. The van der Waals surface area contributed by atoms with Crippen LogP contribution in [0.4, 0.5) is 5.82 Å². The van der Waals surface area contributed by atoms with E-state index in [1.54, 1.807) is 0 Å². The first-order valence-corrected chi connectivity index (χ1v) is 7.00. The molecule has 2 aromatic rings. The molecule has 0 bridgehead atoms. The van der Waals surface area contributed by atoms with Gasteiger partial charge in [-0.3, -0.25) is 0 Å². The van der Waals surface area contributed by atoms with Crippen LogP contribution in [-0.2, 0) is 6.42 Å². The average Bonchev–Trinajstić information content (AvgIpc) is 2.36. The number of aromatic nitrogens is 2. The summed E-state index contributed by atoms with van der Waals surface area (Å²) in [5, 5.41) is 0. The molecule has 0 radical (unpaired) electrons. The normalized spacial score (nSPS) is 15.2. The number of hydrogen-bond donors (Lipinski definition) is 1. The van der Waals surface area contributed by atoms with E-state index in [2.05, 4.69) is 41.2 Å². The van der Waals surface area contributed by atoms with E-state index >= 15 is 0 Å². The number of nitrogens with two attached hydrogens (primary N) is 1. The molecule has 2 N–H and O–H groups in total. The predicted octanol–water partition coefficient (Wildman–Crippen LogP) is 3.56. The summed E-state index contributed by atoms with van der Waals surface area (Å²) >= 11 is 0. The van der Waals surface area contributed by atoms with Gasteiger partial charge in [-0.15, -0.1) is 0 Å². The first-order chi connectivity index (χ1) is 9.28. The monoisotopic (exact) mass is 253 g/mol.